The molecule has 2 rings (SSSR count). The molecule has 1 saturated heterocycles. The zero-order chi connectivity index (χ0) is 8.93. The van der Waals surface area contributed by atoms with E-state index in [1.165, 1.54) is 32.1 Å². The van der Waals surface area contributed by atoms with Crippen molar-refractivity contribution >= 4 is 0 Å². The zero-order valence-corrected chi connectivity index (χ0v) is 8.13. The van der Waals surface area contributed by atoms with Gasteiger partial charge in [0.2, 0.25) is 0 Å². The second-order valence-corrected chi connectivity index (χ2v) is 3.87. The van der Waals surface area contributed by atoms with Crippen LogP contribution in [0.15, 0.2) is 11.8 Å². The SMILES string of the molecule is C1=C2CCC(CCCCCOC1)O2. The topological polar surface area (TPSA) is 18.5 Å². The molecule has 2 bridgehead atoms. The van der Waals surface area contributed by atoms with Gasteiger partial charge in [-0.3, -0.25) is 0 Å². The van der Waals surface area contributed by atoms with Crippen LogP contribution in [0.2, 0.25) is 0 Å². The van der Waals surface area contributed by atoms with Crippen molar-refractivity contribution < 1.29 is 9.47 Å². The van der Waals surface area contributed by atoms with Gasteiger partial charge < -0.3 is 9.47 Å². The summed E-state index contributed by atoms with van der Waals surface area (Å²) in [5.74, 6) is 1.16. The molecular formula is C11H18O2. The molecule has 0 radical (unpaired) electrons. The number of hydrogen-bond donors (Lipinski definition) is 0. The third-order valence-corrected chi connectivity index (χ3v) is 2.77. The second kappa shape index (κ2) is 4.66. The Kier molecular flexibility index (Phi) is 3.25. The molecule has 74 valence electrons. The average Bonchev–Trinajstić information content (AvgIpc) is 2.52. The van der Waals surface area contributed by atoms with Gasteiger partial charge in [0.1, 0.15) is 0 Å². The molecule has 0 saturated carbocycles. The Balaban J connectivity index is 1.89. The minimum absolute atomic E-state index is 0.504. The van der Waals surface area contributed by atoms with Crippen LogP contribution in [0.1, 0.15) is 38.5 Å². The fraction of sp³-hybridized carbons (Fsp3) is 0.818. The van der Waals surface area contributed by atoms with E-state index in [1.807, 2.05) is 0 Å². The molecule has 13 heavy (non-hydrogen) atoms. The van der Waals surface area contributed by atoms with Crippen LogP contribution in [-0.4, -0.2) is 19.3 Å². The molecule has 0 aromatic rings. The minimum atomic E-state index is 0.504. The maximum Gasteiger partial charge on any atom is 0.0986 e. The fourth-order valence-electron chi connectivity index (χ4n) is 1.98. The van der Waals surface area contributed by atoms with E-state index in [2.05, 4.69) is 6.08 Å². The first-order valence-corrected chi connectivity index (χ1v) is 5.38. The van der Waals surface area contributed by atoms with Crippen molar-refractivity contribution in [3.63, 3.8) is 0 Å². The van der Waals surface area contributed by atoms with E-state index >= 15 is 0 Å². The standard InChI is InChI=1S/C11H18O2/c1-2-4-10-5-6-11(13-10)7-9-12-8-3-1/h7,10H,1-6,8-9H2. The number of allylic oxidation sites excluding steroid dienone is 1. The highest BCUT2D eigenvalue weighted by atomic mass is 16.5. The molecule has 2 nitrogen and oxygen atoms in total. The predicted octanol–water partition coefficient (Wildman–Crippen LogP) is 2.64. The van der Waals surface area contributed by atoms with Crippen LogP contribution in [0.25, 0.3) is 0 Å². The largest absolute Gasteiger partial charge is 0.495 e. The summed E-state index contributed by atoms with van der Waals surface area (Å²) in [5, 5.41) is 0. The van der Waals surface area contributed by atoms with Crippen molar-refractivity contribution in [2.24, 2.45) is 0 Å². The van der Waals surface area contributed by atoms with Crippen molar-refractivity contribution in [2.75, 3.05) is 13.2 Å². The van der Waals surface area contributed by atoms with E-state index in [-0.39, 0.29) is 0 Å². The fourth-order valence-corrected chi connectivity index (χ4v) is 1.98. The highest BCUT2D eigenvalue weighted by Gasteiger charge is 2.19. The molecule has 0 aromatic heterocycles. The van der Waals surface area contributed by atoms with Gasteiger partial charge in [0.05, 0.1) is 18.5 Å². The van der Waals surface area contributed by atoms with Crippen LogP contribution in [0.5, 0.6) is 0 Å². The second-order valence-electron chi connectivity index (χ2n) is 3.87. The lowest BCUT2D eigenvalue weighted by Crippen LogP contribution is -2.03. The lowest BCUT2D eigenvalue weighted by atomic mass is 10.1. The van der Waals surface area contributed by atoms with Gasteiger partial charge >= 0.3 is 0 Å². The summed E-state index contributed by atoms with van der Waals surface area (Å²) >= 11 is 0. The molecule has 1 unspecified atom stereocenters. The Morgan fingerprint density at radius 3 is 3.15 bits per heavy atom. The number of rotatable bonds is 0. The summed E-state index contributed by atoms with van der Waals surface area (Å²) < 4.78 is 11.2. The van der Waals surface area contributed by atoms with Gasteiger partial charge in [-0.05, 0) is 31.8 Å². The average molecular weight is 182 g/mol. The van der Waals surface area contributed by atoms with Crippen LogP contribution in [-0.2, 0) is 9.47 Å². The molecule has 2 heterocycles. The first-order chi connectivity index (χ1) is 6.45. The highest BCUT2D eigenvalue weighted by Crippen LogP contribution is 2.26. The molecule has 0 aromatic carbocycles. The normalized spacial score (nSPS) is 30.2. The zero-order valence-electron chi connectivity index (χ0n) is 8.13. The Bertz CT molecular complexity index is 187. The van der Waals surface area contributed by atoms with E-state index in [9.17, 15) is 0 Å². The molecule has 2 heteroatoms. The number of hydrogen-bond acceptors (Lipinski definition) is 2. The third kappa shape index (κ3) is 2.73. The van der Waals surface area contributed by atoms with Gasteiger partial charge in [0.25, 0.3) is 0 Å². The summed E-state index contributed by atoms with van der Waals surface area (Å²) in [6.45, 7) is 1.65. The van der Waals surface area contributed by atoms with Gasteiger partial charge in [0.15, 0.2) is 0 Å². The van der Waals surface area contributed by atoms with E-state index < -0.39 is 0 Å². The Morgan fingerprint density at radius 2 is 2.15 bits per heavy atom. The Hall–Kier alpha value is -0.500. The van der Waals surface area contributed by atoms with Crippen molar-refractivity contribution in [1.82, 2.24) is 0 Å². The lowest BCUT2D eigenvalue weighted by Gasteiger charge is -2.09. The van der Waals surface area contributed by atoms with Gasteiger partial charge in [-0.25, -0.2) is 0 Å². The Morgan fingerprint density at radius 1 is 1.15 bits per heavy atom. The van der Waals surface area contributed by atoms with Crippen LogP contribution in [0, 0.1) is 0 Å². The molecule has 0 aliphatic carbocycles. The van der Waals surface area contributed by atoms with Gasteiger partial charge in [-0.1, -0.05) is 6.42 Å². The summed E-state index contributed by atoms with van der Waals surface area (Å²) in [5.41, 5.74) is 0. The predicted molar refractivity (Wildman–Crippen MR) is 51.5 cm³/mol. The third-order valence-electron chi connectivity index (χ3n) is 2.77. The maximum absolute atomic E-state index is 5.77. The molecule has 0 amide bonds. The van der Waals surface area contributed by atoms with Gasteiger partial charge in [0, 0.05) is 13.0 Å². The first kappa shape index (κ1) is 9.07. The molecule has 2 aliphatic rings. The van der Waals surface area contributed by atoms with Gasteiger partial charge in [-0.2, -0.15) is 0 Å². The number of fused-ring (bicyclic) bond motifs is 2. The van der Waals surface area contributed by atoms with Crippen molar-refractivity contribution in [2.45, 2.75) is 44.6 Å². The smallest absolute Gasteiger partial charge is 0.0986 e. The van der Waals surface area contributed by atoms with E-state index in [1.54, 1.807) is 0 Å². The Labute approximate surface area is 79.9 Å². The van der Waals surface area contributed by atoms with E-state index in [0.717, 1.165) is 25.4 Å². The molecule has 0 spiro atoms. The minimum Gasteiger partial charge on any atom is -0.495 e. The first-order valence-electron chi connectivity index (χ1n) is 5.38. The van der Waals surface area contributed by atoms with Crippen LogP contribution in [0.4, 0.5) is 0 Å². The maximum atomic E-state index is 5.77. The molecule has 1 fully saturated rings. The molecule has 1 atom stereocenters. The molecular weight excluding hydrogens is 164 g/mol. The van der Waals surface area contributed by atoms with Crippen LogP contribution in [0.3, 0.4) is 0 Å². The van der Waals surface area contributed by atoms with Crippen LogP contribution < -0.4 is 0 Å². The van der Waals surface area contributed by atoms with Gasteiger partial charge in [-0.15, -0.1) is 0 Å². The quantitative estimate of drug-likeness (QED) is 0.573. The van der Waals surface area contributed by atoms with Crippen molar-refractivity contribution in [1.29, 1.82) is 0 Å². The molecule has 2 aliphatic heterocycles. The summed E-state index contributed by atoms with van der Waals surface area (Å²) in [6, 6.07) is 0. The lowest BCUT2D eigenvalue weighted by molar-refractivity contribution is 0.145. The van der Waals surface area contributed by atoms with Crippen molar-refractivity contribution in [3.05, 3.63) is 11.8 Å². The van der Waals surface area contributed by atoms with Crippen molar-refractivity contribution in [3.8, 4) is 0 Å². The van der Waals surface area contributed by atoms with E-state index in [4.69, 9.17) is 9.47 Å². The summed E-state index contributed by atoms with van der Waals surface area (Å²) in [7, 11) is 0. The number of ether oxygens (including phenoxy) is 2. The molecule has 0 N–H and O–H groups in total. The highest BCUT2D eigenvalue weighted by molar-refractivity contribution is 4.99. The van der Waals surface area contributed by atoms with Crippen LogP contribution >= 0.6 is 0 Å². The summed E-state index contributed by atoms with van der Waals surface area (Å²) in [4.78, 5) is 0. The van der Waals surface area contributed by atoms with E-state index in [0.29, 0.717) is 6.10 Å². The summed E-state index contributed by atoms with van der Waals surface area (Å²) in [6.07, 6.45) is 9.96. The monoisotopic (exact) mass is 182 g/mol.